The summed E-state index contributed by atoms with van der Waals surface area (Å²) in [5, 5.41) is 16.6. The molecule has 2 rings (SSSR count). The van der Waals surface area contributed by atoms with Crippen molar-refractivity contribution < 1.29 is 14.3 Å². The Kier molecular flexibility index (Phi) is 5.48. The van der Waals surface area contributed by atoms with Gasteiger partial charge >= 0.3 is 5.97 Å². The quantitative estimate of drug-likeness (QED) is 0.567. The van der Waals surface area contributed by atoms with E-state index in [1.807, 2.05) is 25.2 Å². The molecule has 0 bridgehead atoms. The number of methoxy groups -OCH3 is 2. The standard InChI is InChI=1S/C14H23N6O3/c1-15-8-19-10-20(9-16-2,18-17-19)11-5-6-13(22-3)12(7-11)14(21)23-4/h5-7,15-16H,8-10H2,1-4H3/q+1. The molecule has 0 spiro atoms. The molecule has 1 atom stereocenters. The lowest BCUT2D eigenvalue weighted by molar-refractivity contribution is 0.0597. The summed E-state index contributed by atoms with van der Waals surface area (Å²) in [6.45, 7) is 1.68. The van der Waals surface area contributed by atoms with Crippen molar-refractivity contribution in [2.45, 2.75) is 0 Å². The third kappa shape index (κ3) is 3.41. The predicted molar refractivity (Wildman–Crippen MR) is 85.5 cm³/mol. The van der Waals surface area contributed by atoms with Crippen LogP contribution in [0.2, 0.25) is 0 Å². The van der Waals surface area contributed by atoms with E-state index in [-0.39, 0.29) is 4.59 Å². The fraction of sp³-hybridized carbons (Fsp3) is 0.500. The minimum absolute atomic E-state index is 0.214. The summed E-state index contributed by atoms with van der Waals surface area (Å²) in [6, 6.07) is 5.36. The van der Waals surface area contributed by atoms with E-state index < -0.39 is 5.97 Å². The molecule has 1 aromatic rings. The number of ether oxygens (including phenoxy) is 2. The lowest BCUT2D eigenvalue weighted by atomic mass is 10.1. The van der Waals surface area contributed by atoms with Gasteiger partial charge in [0, 0.05) is 12.1 Å². The molecule has 1 unspecified atom stereocenters. The van der Waals surface area contributed by atoms with E-state index in [9.17, 15) is 4.79 Å². The van der Waals surface area contributed by atoms with Crippen molar-refractivity contribution in [3.05, 3.63) is 23.8 Å². The Hall–Kier alpha value is -2.23. The maximum absolute atomic E-state index is 12.0. The Bertz CT molecular complexity index is 594. The molecule has 1 aliphatic rings. The number of benzene rings is 1. The summed E-state index contributed by atoms with van der Waals surface area (Å²) in [6.07, 6.45) is 0. The van der Waals surface area contributed by atoms with Gasteiger partial charge in [-0.2, -0.15) is 0 Å². The molecule has 0 aliphatic carbocycles. The van der Waals surface area contributed by atoms with E-state index >= 15 is 0 Å². The summed E-state index contributed by atoms with van der Waals surface area (Å²) in [5.41, 5.74) is 1.19. The first-order chi connectivity index (χ1) is 11.1. The number of hydrogen-bond acceptors (Lipinski definition) is 8. The first-order valence-electron chi connectivity index (χ1n) is 7.21. The number of hydrogen-bond donors (Lipinski definition) is 2. The Morgan fingerprint density at radius 1 is 1.35 bits per heavy atom. The van der Waals surface area contributed by atoms with Crippen LogP contribution in [-0.2, 0) is 4.74 Å². The van der Waals surface area contributed by atoms with Crippen LogP contribution in [0, 0.1) is 0 Å². The van der Waals surface area contributed by atoms with Crippen LogP contribution >= 0.6 is 0 Å². The maximum atomic E-state index is 12.0. The highest BCUT2D eigenvalue weighted by molar-refractivity contribution is 5.93. The zero-order valence-corrected chi connectivity index (χ0v) is 13.9. The monoisotopic (exact) mass is 323 g/mol. The second-order valence-corrected chi connectivity index (χ2v) is 5.15. The zero-order valence-electron chi connectivity index (χ0n) is 13.9. The van der Waals surface area contributed by atoms with E-state index in [1.54, 1.807) is 12.1 Å². The molecule has 9 heteroatoms. The molecule has 0 saturated carbocycles. The number of nitrogens with one attached hydrogen (secondary N) is 2. The first kappa shape index (κ1) is 17.1. The molecule has 2 N–H and O–H groups in total. The Labute approximate surface area is 135 Å². The van der Waals surface area contributed by atoms with Gasteiger partial charge in [-0.25, -0.2) is 9.80 Å². The maximum Gasteiger partial charge on any atom is 0.341 e. The molecule has 126 valence electrons. The largest absolute Gasteiger partial charge is 0.496 e. The Balaban J connectivity index is 2.41. The van der Waals surface area contributed by atoms with Crippen LogP contribution in [0.25, 0.3) is 0 Å². The van der Waals surface area contributed by atoms with Gasteiger partial charge < -0.3 is 14.8 Å². The van der Waals surface area contributed by atoms with Crippen LogP contribution in [-0.4, -0.2) is 59.3 Å². The van der Waals surface area contributed by atoms with Gasteiger partial charge in [0.15, 0.2) is 12.4 Å². The third-order valence-corrected chi connectivity index (χ3v) is 3.56. The summed E-state index contributed by atoms with van der Waals surface area (Å²) in [5.74, 6) is 0.0148. The van der Waals surface area contributed by atoms with Crippen molar-refractivity contribution in [3.63, 3.8) is 0 Å². The first-order valence-corrected chi connectivity index (χ1v) is 7.21. The van der Waals surface area contributed by atoms with Gasteiger partial charge in [-0.05, 0) is 25.4 Å². The van der Waals surface area contributed by atoms with Crippen molar-refractivity contribution in [1.29, 1.82) is 0 Å². The fourth-order valence-corrected chi connectivity index (χ4v) is 2.52. The summed E-state index contributed by atoms with van der Waals surface area (Å²) in [7, 11) is 6.56. The number of rotatable bonds is 7. The second-order valence-electron chi connectivity index (χ2n) is 5.15. The van der Waals surface area contributed by atoms with Crippen molar-refractivity contribution in [2.75, 3.05) is 48.3 Å². The highest BCUT2D eigenvalue weighted by atomic mass is 16.5. The molecule has 1 aliphatic heterocycles. The predicted octanol–water partition coefficient (Wildman–Crippen LogP) is 0.698. The highest BCUT2D eigenvalue weighted by Gasteiger charge is 2.39. The minimum Gasteiger partial charge on any atom is -0.496 e. The fourth-order valence-electron chi connectivity index (χ4n) is 2.52. The molecule has 0 fully saturated rings. The highest BCUT2D eigenvalue weighted by Crippen LogP contribution is 2.32. The average molecular weight is 323 g/mol. The molecule has 9 nitrogen and oxygen atoms in total. The molecule has 1 heterocycles. The van der Waals surface area contributed by atoms with Gasteiger partial charge in [-0.3, -0.25) is 5.32 Å². The summed E-state index contributed by atoms with van der Waals surface area (Å²) in [4.78, 5) is 12.0. The molecule has 0 amide bonds. The van der Waals surface area contributed by atoms with Gasteiger partial charge in [0.25, 0.3) is 0 Å². The number of carbonyl (C=O) groups excluding carboxylic acids is 1. The number of carbonyl (C=O) groups is 1. The van der Waals surface area contributed by atoms with Gasteiger partial charge in [0.1, 0.15) is 11.3 Å². The zero-order chi connectivity index (χ0) is 16.9. The van der Waals surface area contributed by atoms with Gasteiger partial charge in [-0.1, -0.05) is 0 Å². The third-order valence-electron chi connectivity index (χ3n) is 3.56. The molecule has 0 aromatic heterocycles. The molecule has 0 radical (unpaired) electrons. The minimum atomic E-state index is -0.450. The average Bonchev–Trinajstić information content (AvgIpc) is 2.98. The van der Waals surface area contributed by atoms with E-state index in [0.717, 1.165) is 5.69 Å². The van der Waals surface area contributed by atoms with Crippen molar-refractivity contribution in [2.24, 2.45) is 10.4 Å². The van der Waals surface area contributed by atoms with Crippen LogP contribution in [0.5, 0.6) is 5.75 Å². The normalized spacial score (nSPS) is 19.9. The summed E-state index contributed by atoms with van der Waals surface area (Å²) >= 11 is 0. The smallest absolute Gasteiger partial charge is 0.341 e. The van der Waals surface area contributed by atoms with E-state index in [0.29, 0.717) is 31.3 Å². The van der Waals surface area contributed by atoms with Gasteiger partial charge in [0.2, 0.25) is 6.67 Å². The molecular weight excluding hydrogens is 300 g/mol. The second kappa shape index (κ2) is 7.36. The van der Waals surface area contributed by atoms with Crippen LogP contribution in [0.15, 0.2) is 28.6 Å². The molecular formula is C14H23N6O3+. The van der Waals surface area contributed by atoms with Crippen LogP contribution in [0.4, 0.5) is 5.69 Å². The molecule has 0 saturated heterocycles. The van der Waals surface area contributed by atoms with Crippen molar-refractivity contribution in [3.8, 4) is 5.75 Å². The number of esters is 1. The van der Waals surface area contributed by atoms with E-state index in [4.69, 9.17) is 9.47 Å². The van der Waals surface area contributed by atoms with Crippen molar-refractivity contribution in [1.82, 2.24) is 20.2 Å². The molecule has 23 heavy (non-hydrogen) atoms. The van der Waals surface area contributed by atoms with Crippen LogP contribution < -0.4 is 20.0 Å². The van der Waals surface area contributed by atoms with Crippen LogP contribution in [0.3, 0.4) is 0 Å². The van der Waals surface area contributed by atoms with Crippen molar-refractivity contribution >= 4 is 11.7 Å². The lowest BCUT2D eigenvalue weighted by Gasteiger charge is -2.27. The Morgan fingerprint density at radius 2 is 2.13 bits per heavy atom. The van der Waals surface area contributed by atoms with Gasteiger partial charge in [-0.15, -0.1) is 4.59 Å². The topological polar surface area (TPSA) is 87.5 Å². The number of nitrogens with zero attached hydrogens (tertiary/aromatic N) is 4. The summed E-state index contributed by atoms with van der Waals surface area (Å²) < 4.78 is 10.3. The van der Waals surface area contributed by atoms with E-state index in [1.165, 1.54) is 14.2 Å². The number of quaternary nitrogens is 1. The SMILES string of the molecule is CNCN1C[N+](CNC)(c2ccc(OC)c(C(=O)OC)c2)N=N1. The lowest BCUT2D eigenvalue weighted by Crippen LogP contribution is -2.51. The Morgan fingerprint density at radius 3 is 2.74 bits per heavy atom. The van der Waals surface area contributed by atoms with Gasteiger partial charge in [0.05, 0.1) is 26.1 Å². The van der Waals surface area contributed by atoms with E-state index in [2.05, 4.69) is 21.1 Å². The molecule has 1 aromatic carbocycles. The van der Waals surface area contributed by atoms with Crippen LogP contribution in [0.1, 0.15) is 10.4 Å².